The molecule has 0 radical (unpaired) electrons. The normalized spacial score (nSPS) is 17.8. The lowest BCUT2D eigenvalue weighted by molar-refractivity contribution is 0.195. The molecule has 4 nitrogen and oxygen atoms in total. The van der Waals surface area contributed by atoms with E-state index in [1.807, 2.05) is 46.6 Å². The Kier molecular flexibility index (Phi) is 5.21. The maximum Gasteiger partial charge on any atom is 0.322 e. The molecule has 0 saturated carbocycles. The first-order valence-electron chi connectivity index (χ1n) is 10.6. The highest BCUT2D eigenvalue weighted by Gasteiger charge is 2.36. The van der Waals surface area contributed by atoms with Gasteiger partial charge in [0.15, 0.2) is 0 Å². The van der Waals surface area contributed by atoms with Gasteiger partial charge in [0, 0.05) is 16.3 Å². The van der Waals surface area contributed by atoms with Crippen molar-refractivity contribution in [2.45, 2.75) is 38.1 Å². The molecule has 5 rings (SSSR count). The van der Waals surface area contributed by atoms with Crippen LogP contribution in [0.15, 0.2) is 54.6 Å². The quantitative estimate of drug-likeness (QED) is 0.583. The summed E-state index contributed by atoms with van der Waals surface area (Å²) in [6, 6.07) is 17.9. The molecule has 154 valence electrons. The smallest absolute Gasteiger partial charge is 0.322 e. The van der Waals surface area contributed by atoms with Gasteiger partial charge >= 0.3 is 6.03 Å². The summed E-state index contributed by atoms with van der Waals surface area (Å²) in [6.07, 6.45) is 5.87. The van der Waals surface area contributed by atoms with E-state index in [1.54, 1.807) is 17.6 Å². The van der Waals surface area contributed by atoms with Crippen molar-refractivity contribution in [1.82, 2.24) is 4.90 Å². The average molecular weight is 419 g/mol. The molecule has 2 aromatic carbocycles. The van der Waals surface area contributed by atoms with E-state index in [4.69, 9.17) is 4.74 Å². The first-order valence-corrected chi connectivity index (χ1v) is 11.5. The number of fused-ring (bicyclic) bond motifs is 3. The Labute approximate surface area is 181 Å². The van der Waals surface area contributed by atoms with Crippen molar-refractivity contribution in [1.29, 1.82) is 0 Å². The summed E-state index contributed by atoms with van der Waals surface area (Å²) in [7, 11) is 1.63. The first-order chi connectivity index (χ1) is 14.8. The van der Waals surface area contributed by atoms with Crippen LogP contribution < -0.4 is 10.1 Å². The number of nitrogens with one attached hydrogen (secondary N) is 1. The molecule has 1 aliphatic heterocycles. The number of anilines is 1. The van der Waals surface area contributed by atoms with Crippen LogP contribution in [0.1, 0.15) is 45.3 Å². The van der Waals surface area contributed by atoms with Crippen LogP contribution in [0.5, 0.6) is 5.75 Å². The Morgan fingerprint density at radius 3 is 2.60 bits per heavy atom. The highest BCUT2D eigenvalue weighted by Crippen LogP contribution is 2.45. The number of thiophene rings is 1. The number of hydrogen-bond donors (Lipinski definition) is 1. The minimum Gasteiger partial charge on any atom is -0.495 e. The van der Waals surface area contributed by atoms with E-state index in [9.17, 15) is 4.79 Å². The van der Waals surface area contributed by atoms with Gasteiger partial charge in [0.1, 0.15) is 5.75 Å². The van der Waals surface area contributed by atoms with Crippen LogP contribution in [0.4, 0.5) is 10.5 Å². The number of rotatable bonds is 3. The Balaban J connectivity index is 1.53. The average Bonchev–Trinajstić information content (AvgIpc) is 3.18. The zero-order chi connectivity index (χ0) is 20.5. The van der Waals surface area contributed by atoms with E-state index in [1.165, 1.54) is 41.7 Å². The number of amides is 2. The summed E-state index contributed by atoms with van der Waals surface area (Å²) in [5.74, 6) is 0.673. The van der Waals surface area contributed by atoms with Gasteiger partial charge in [0.25, 0.3) is 0 Å². The predicted molar refractivity (Wildman–Crippen MR) is 122 cm³/mol. The van der Waals surface area contributed by atoms with Crippen molar-refractivity contribution in [3.63, 3.8) is 0 Å². The molecule has 2 amide bonds. The van der Waals surface area contributed by atoms with Crippen LogP contribution in [-0.2, 0) is 19.3 Å². The number of hydrogen-bond acceptors (Lipinski definition) is 3. The van der Waals surface area contributed by atoms with Crippen molar-refractivity contribution in [2.75, 3.05) is 19.0 Å². The molecule has 0 fully saturated rings. The number of benzene rings is 2. The van der Waals surface area contributed by atoms with E-state index in [0.29, 0.717) is 11.4 Å². The van der Waals surface area contributed by atoms with Gasteiger partial charge in [-0.15, -0.1) is 11.3 Å². The molecule has 30 heavy (non-hydrogen) atoms. The second kappa shape index (κ2) is 8.15. The lowest BCUT2D eigenvalue weighted by Gasteiger charge is -2.36. The zero-order valence-corrected chi connectivity index (χ0v) is 18.0. The Hall–Kier alpha value is -2.79. The number of carbonyl (C=O) groups excluding carboxylic acids is 1. The monoisotopic (exact) mass is 418 g/mol. The molecular weight excluding hydrogens is 392 g/mol. The highest BCUT2D eigenvalue weighted by atomic mass is 32.1. The summed E-state index contributed by atoms with van der Waals surface area (Å²) >= 11 is 1.93. The number of urea groups is 1. The standard InChI is InChI=1S/C25H26N2O2S/c1-29-21-13-7-6-12-20(21)26-25(28)27-16-15-19-18-11-5-8-14-22(18)30-24(19)23(27)17-9-3-2-4-10-17/h2-4,6-7,9-10,12-13,23H,5,8,11,14-16H2,1H3,(H,26,28)/t23-/m1/s1. The molecule has 0 bridgehead atoms. The van der Waals surface area contributed by atoms with Crippen molar-refractivity contribution < 1.29 is 9.53 Å². The second-order valence-corrected chi connectivity index (χ2v) is 9.08. The third-order valence-electron chi connectivity index (χ3n) is 6.20. The lowest BCUT2D eigenvalue weighted by atomic mass is 9.88. The van der Waals surface area contributed by atoms with Crippen molar-refractivity contribution >= 4 is 23.1 Å². The topological polar surface area (TPSA) is 41.6 Å². The summed E-state index contributed by atoms with van der Waals surface area (Å²) in [4.78, 5) is 18.3. The van der Waals surface area contributed by atoms with Crippen LogP contribution in [0.2, 0.25) is 0 Å². The zero-order valence-electron chi connectivity index (χ0n) is 17.2. The molecule has 1 aromatic heterocycles. The minimum absolute atomic E-state index is 0.0414. The maximum absolute atomic E-state index is 13.4. The van der Waals surface area contributed by atoms with Gasteiger partial charge in [-0.05, 0) is 60.9 Å². The molecule has 3 aromatic rings. The number of carbonyl (C=O) groups is 1. The fourth-order valence-corrected chi connectivity index (χ4v) is 6.35. The second-order valence-electron chi connectivity index (χ2n) is 7.94. The van der Waals surface area contributed by atoms with Crippen molar-refractivity contribution in [3.05, 3.63) is 81.0 Å². The Morgan fingerprint density at radius 1 is 1.00 bits per heavy atom. The Morgan fingerprint density at radius 2 is 1.77 bits per heavy atom. The lowest BCUT2D eigenvalue weighted by Crippen LogP contribution is -2.42. The van der Waals surface area contributed by atoms with Gasteiger partial charge in [-0.2, -0.15) is 0 Å². The van der Waals surface area contributed by atoms with E-state index >= 15 is 0 Å². The SMILES string of the molecule is COc1ccccc1NC(=O)N1CCc2c(sc3c2CCCC3)[C@H]1c1ccccc1. The fraction of sp³-hybridized carbons (Fsp3) is 0.320. The molecule has 2 heterocycles. The molecule has 2 aliphatic rings. The van der Waals surface area contributed by atoms with E-state index < -0.39 is 0 Å². The molecule has 0 spiro atoms. The van der Waals surface area contributed by atoms with Crippen LogP contribution >= 0.6 is 11.3 Å². The van der Waals surface area contributed by atoms with Crippen LogP contribution in [0.25, 0.3) is 0 Å². The number of nitrogens with zero attached hydrogens (tertiary/aromatic N) is 1. The number of para-hydroxylation sites is 2. The summed E-state index contributed by atoms with van der Waals surface area (Å²) in [5, 5.41) is 3.09. The molecule has 0 saturated heterocycles. The number of methoxy groups -OCH3 is 1. The van der Waals surface area contributed by atoms with Crippen molar-refractivity contribution in [3.8, 4) is 5.75 Å². The maximum atomic E-state index is 13.4. The van der Waals surface area contributed by atoms with Crippen LogP contribution in [0, 0.1) is 0 Å². The van der Waals surface area contributed by atoms with E-state index in [-0.39, 0.29) is 12.1 Å². The first kappa shape index (κ1) is 19.2. The molecule has 0 unspecified atom stereocenters. The highest BCUT2D eigenvalue weighted by molar-refractivity contribution is 7.12. The third kappa shape index (κ3) is 3.37. The van der Waals surface area contributed by atoms with Gasteiger partial charge in [0.2, 0.25) is 0 Å². The van der Waals surface area contributed by atoms with E-state index in [2.05, 4.69) is 29.6 Å². The largest absolute Gasteiger partial charge is 0.495 e. The third-order valence-corrected chi connectivity index (χ3v) is 7.59. The van der Waals surface area contributed by atoms with Crippen LogP contribution in [-0.4, -0.2) is 24.6 Å². The van der Waals surface area contributed by atoms with Crippen molar-refractivity contribution in [2.24, 2.45) is 0 Å². The van der Waals surface area contributed by atoms with Gasteiger partial charge < -0.3 is 15.0 Å². The fourth-order valence-electron chi connectivity index (χ4n) is 4.77. The van der Waals surface area contributed by atoms with Gasteiger partial charge in [0.05, 0.1) is 18.8 Å². The minimum atomic E-state index is -0.0784. The molecular formula is C25H26N2O2S. The number of aryl methyl sites for hydroxylation is 1. The summed E-state index contributed by atoms with van der Waals surface area (Å²) in [5.41, 5.74) is 4.96. The van der Waals surface area contributed by atoms with Gasteiger partial charge in [-0.3, -0.25) is 0 Å². The molecule has 5 heteroatoms. The summed E-state index contributed by atoms with van der Waals surface area (Å²) in [6.45, 7) is 0.719. The molecule has 1 aliphatic carbocycles. The summed E-state index contributed by atoms with van der Waals surface area (Å²) < 4.78 is 5.43. The van der Waals surface area contributed by atoms with Crippen LogP contribution in [0.3, 0.4) is 0 Å². The number of ether oxygens (including phenoxy) is 1. The molecule has 1 atom stereocenters. The Bertz CT molecular complexity index is 1060. The van der Waals surface area contributed by atoms with E-state index in [0.717, 1.165) is 13.0 Å². The molecule has 1 N–H and O–H groups in total. The predicted octanol–water partition coefficient (Wildman–Crippen LogP) is 5.82. The van der Waals surface area contributed by atoms with Gasteiger partial charge in [-0.25, -0.2) is 4.79 Å². The van der Waals surface area contributed by atoms with Gasteiger partial charge in [-0.1, -0.05) is 42.5 Å².